The summed E-state index contributed by atoms with van der Waals surface area (Å²) in [6, 6.07) is 2.97. The van der Waals surface area contributed by atoms with Crippen LogP contribution >= 0.6 is 0 Å². The van der Waals surface area contributed by atoms with Crippen LogP contribution in [0.3, 0.4) is 0 Å². The number of hydrogen-bond acceptors (Lipinski definition) is 3. The third-order valence-electron chi connectivity index (χ3n) is 3.28. The second kappa shape index (κ2) is 4.97. The fourth-order valence-electron chi connectivity index (χ4n) is 2.24. The summed E-state index contributed by atoms with van der Waals surface area (Å²) in [6.07, 6.45) is -0.809. The molecule has 0 unspecified atom stereocenters. The molecule has 2 N–H and O–H groups in total. The number of hydrogen-bond donors (Lipinski definition) is 2. The molecule has 0 aliphatic carbocycles. The largest absolute Gasteiger partial charge is 0.477 e. The van der Waals surface area contributed by atoms with Gasteiger partial charge in [-0.15, -0.1) is 0 Å². The first-order valence-corrected chi connectivity index (χ1v) is 6.27. The van der Waals surface area contributed by atoms with E-state index < -0.39 is 28.8 Å². The second-order valence-corrected chi connectivity index (χ2v) is 4.74. The van der Waals surface area contributed by atoms with Crippen molar-refractivity contribution >= 4 is 16.9 Å². The van der Waals surface area contributed by atoms with Gasteiger partial charge in [0.25, 0.3) is 5.56 Å². The molecule has 0 aliphatic rings. The number of benzene rings is 1. The smallest absolute Gasteiger partial charge is 0.418 e. The number of nitrogens with zero attached hydrogens (tertiary/aromatic N) is 2. The predicted molar refractivity (Wildman–Crippen MR) is 73.7 cm³/mol. The number of rotatable bonds is 2. The molecule has 9 heteroatoms. The maximum Gasteiger partial charge on any atom is 0.418 e. The predicted octanol–water partition coefficient (Wildman–Crippen LogP) is 2.43. The highest BCUT2D eigenvalue weighted by atomic mass is 19.4. The van der Waals surface area contributed by atoms with E-state index in [-0.39, 0.29) is 16.6 Å². The number of carboxylic acid groups (broad SMARTS) is 1. The first kappa shape index (κ1) is 14.8. The maximum atomic E-state index is 13.3. The molecule has 23 heavy (non-hydrogen) atoms. The molecule has 0 amide bonds. The number of nitrogens with one attached hydrogen (secondary N) is 1. The molecule has 0 saturated carbocycles. The van der Waals surface area contributed by atoms with E-state index >= 15 is 0 Å². The number of imidazole rings is 1. The zero-order valence-corrected chi connectivity index (χ0v) is 11.3. The Morgan fingerprint density at radius 3 is 2.57 bits per heavy atom. The molecule has 3 rings (SSSR count). The van der Waals surface area contributed by atoms with Crippen LogP contribution in [0, 0.1) is 0 Å². The van der Waals surface area contributed by atoms with Gasteiger partial charge in [0.1, 0.15) is 5.56 Å². The maximum absolute atomic E-state index is 13.3. The molecule has 1 aromatic carbocycles. The lowest BCUT2D eigenvalue weighted by Gasteiger charge is -2.15. The topological polar surface area (TPSA) is 88.0 Å². The summed E-state index contributed by atoms with van der Waals surface area (Å²) >= 11 is 0. The Kier molecular flexibility index (Phi) is 3.20. The van der Waals surface area contributed by atoms with Crippen LogP contribution in [0.15, 0.2) is 41.7 Å². The van der Waals surface area contributed by atoms with E-state index in [2.05, 4.69) is 9.97 Å². The first-order valence-electron chi connectivity index (χ1n) is 6.27. The van der Waals surface area contributed by atoms with Crippen LogP contribution in [0.2, 0.25) is 0 Å². The number of pyridine rings is 1. The SMILES string of the molecule is O=C(O)c1cc2cc(-n3ccnc3)c(C(F)(F)F)cc2[nH]c1=O. The van der Waals surface area contributed by atoms with Crippen LogP contribution in [-0.4, -0.2) is 25.6 Å². The Labute approximate surface area is 125 Å². The number of H-pyrrole nitrogens is 1. The molecule has 0 aliphatic heterocycles. The molecule has 2 aromatic heterocycles. The van der Waals surface area contributed by atoms with Crippen molar-refractivity contribution in [3.8, 4) is 5.69 Å². The lowest BCUT2D eigenvalue weighted by Crippen LogP contribution is -2.18. The molecular weight excluding hydrogens is 315 g/mol. The third-order valence-corrected chi connectivity index (χ3v) is 3.28. The van der Waals surface area contributed by atoms with Crippen LogP contribution in [-0.2, 0) is 6.18 Å². The molecule has 118 valence electrons. The molecule has 0 saturated heterocycles. The Morgan fingerprint density at radius 2 is 2.00 bits per heavy atom. The minimum Gasteiger partial charge on any atom is -0.477 e. The van der Waals surface area contributed by atoms with E-state index in [0.717, 1.165) is 22.8 Å². The molecule has 6 nitrogen and oxygen atoms in total. The zero-order valence-electron chi connectivity index (χ0n) is 11.3. The van der Waals surface area contributed by atoms with Crippen LogP contribution in [0.4, 0.5) is 13.2 Å². The van der Waals surface area contributed by atoms with Gasteiger partial charge in [-0.05, 0) is 18.2 Å². The summed E-state index contributed by atoms with van der Waals surface area (Å²) in [5, 5.41) is 9.11. The van der Waals surface area contributed by atoms with Crippen molar-refractivity contribution in [1.29, 1.82) is 0 Å². The summed E-state index contributed by atoms with van der Waals surface area (Å²) in [4.78, 5) is 28.5. The van der Waals surface area contributed by atoms with E-state index in [1.165, 1.54) is 18.7 Å². The average Bonchev–Trinajstić information content (AvgIpc) is 2.98. The van der Waals surface area contributed by atoms with Gasteiger partial charge in [-0.3, -0.25) is 4.79 Å². The van der Waals surface area contributed by atoms with Crippen molar-refractivity contribution in [3.05, 3.63) is 58.4 Å². The summed E-state index contributed by atoms with van der Waals surface area (Å²) < 4.78 is 40.9. The third kappa shape index (κ3) is 2.56. The first-order chi connectivity index (χ1) is 10.8. The minimum absolute atomic E-state index is 0.101. The number of aromatic nitrogens is 3. The van der Waals surface area contributed by atoms with Gasteiger partial charge in [-0.1, -0.05) is 0 Å². The van der Waals surface area contributed by atoms with E-state index in [1.54, 1.807) is 0 Å². The number of aromatic carboxylic acids is 1. The van der Waals surface area contributed by atoms with Crippen molar-refractivity contribution in [1.82, 2.24) is 14.5 Å². The molecule has 2 heterocycles. The quantitative estimate of drug-likeness (QED) is 0.758. The number of aromatic amines is 1. The van der Waals surface area contributed by atoms with Crippen molar-refractivity contribution in [2.75, 3.05) is 0 Å². The van der Waals surface area contributed by atoms with Gasteiger partial charge in [0.05, 0.1) is 17.6 Å². The number of fused-ring (bicyclic) bond motifs is 1. The van der Waals surface area contributed by atoms with Gasteiger partial charge >= 0.3 is 12.1 Å². The van der Waals surface area contributed by atoms with E-state index in [1.807, 2.05) is 0 Å². The van der Waals surface area contributed by atoms with Gasteiger partial charge in [0.15, 0.2) is 0 Å². The van der Waals surface area contributed by atoms with Crippen LogP contribution in [0.5, 0.6) is 0 Å². The van der Waals surface area contributed by atoms with E-state index in [4.69, 9.17) is 5.11 Å². The Bertz CT molecular complexity index is 959. The molecule has 0 radical (unpaired) electrons. The molecule has 3 aromatic rings. The zero-order chi connectivity index (χ0) is 16.8. The summed E-state index contributed by atoms with van der Waals surface area (Å²) in [5.74, 6) is -1.46. The molecule has 0 bridgehead atoms. The number of halogens is 3. The lowest BCUT2D eigenvalue weighted by molar-refractivity contribution is -0.137. The van der Waals surface area contributed by atoms with Crippen LogP contribution < -0.4 is 5.56 Å². The average molecular weight is 323 g/mol. The van der Waals surface area contributed by atoms with Gasteiger partial charge in [-0.2, -0.15) is 13.2 Å². The normalized spacial score (nSPS) is 11.8. The Hall–Kier alpha value is -3.10. The van der Waals surface area contributed by atoms with E-state index in [9.17, 15) is 22.8 Å². The fraction of sp³-hybridized carbons (Fsp3) is 0.0714. The Morgan fingerprint density at radius 1 is 1.26 bits per heavy atom. The van der Waals surface area contributed by atoms with Gasteiger partial charge in [0, 0.05) is 23.3 Å². The highest BCUT2D eigenvalue weighted by molar-refractivity contribution is 5.93. The Balaban J connectivity index is 2.38. The van der Waals surface area contributed by atoms with Gasteiger partial charge < -0.3 is 14.7 Å². The van der Waals surface area contributed by atoms with Crippen LogP contribution in [0.25, 0.3) is 16.6 Å². The number of carboxylic acids is 1. The number of alkyl halides is 3. The van der Waals surface area contributed by atoms with Crippen molar-refractivity contribution in [2.24, 2.45) is 0 Å². The molecule has 0 spiro atoms. The standard InChI is InChI=1S/C14H8F3N3O3/c15-14(16,17)9-5-10-7(3-8(13(22)23)12(21)19-10)4-11(9)20-2-1-18-6-20/h1-6H,(H,19,21)(H,22,23). The molecule has 0 fully saturated rings. The summed E-state index contributed by atoms with van der Waals surface area (Å²) in [7, 11) is 0. The van der Waals surface area contributed by atoms with Crippen molar-refractivity contribution in [3.63, 3.8) is 0 Å². The van der Waals surface area contributed by atoms with Gasteiger partial charge in [0.2, 0.25) is 0 Å². The highest BCUT2D eigenvalue weighted by Gasteiger charge is 2.34. The second-order valence-electron chi connectivity index (χ2n) is 4.74. The summed E-state index contributed by atoms with van der Waals surface area (Å²) in [5.41, 5.74) is -2.80. The van der Waals surface area contributed by atoms with Crippen LogP contribution in [0.1, 0.15) is 15.9 Å². The van der Waals surface area contributed by atoms with E-state index in [0.29, 0.717) is 0 Å². The van der Waals surface area contributed by atoms with Crippen molar-refractivity contribution in [2.45, 2.75) is 6.18 Å². The summed E-state index contributed by atoms with van der Waals surface area (Å²) in [6.45, 7) is 0. The highest BCUT2D eigenvalue weighted by Crippen LogP contribution is 2.36. The minimum atomic E-state index is -4.66. The fourth-order valence-corrected chi connectivity index (χ4v) is 2.24. The van der Waals surface area contributed by atoms with Crippen molar-refractivity contribution < 1.29 is 23.1 Å². The molecule has 0 atom stereocenters. The monoisotopic (exact) mass is 323 g/mol. The van der Waals surface area contributed by atoms with Gasteiger partial charge in [-0.25, -0.2) is 9.78 Å². The molecular formula is C14H8F3N3O3. The lowest BCUT2D eigenvalue weighted by atomic mass is 10.1. The number of carbonyl (C=O) groups is 1.